The number of hydrogen-bond acceptors (Lipinski definition) is 4. The second kappa shape index (κ2) is 7.97. The molecule has 3 aliphatic heterocycles. The number of hydrogen-bond donors (Lipinski definition) is 1. The number of fused-ring (bicyclic) bond motifs is 1. The van der Waals surface area contributed by atoms with Gasteiger partial charge >= 0.3 is 0 Å². The Morgan fingerprint density at radius 3 is 2.79 bits per heavy atom. The van der Waals surface area contributed by atoms with Gasteiger partial charge in [-0.1, -0.05) is 19.4 Å². The number of pyridine rings is 1. The number of amides is 2. The van der Waals surface area contributed by atoms with Gasteiger partial charge in [0.1, 0.15) is 17.2 Å². The maximum Gasteiger partial charge on any atom is 0.275 e. The number of nitrogens with one attached hydrogen (secondary N) is 1. The van der Waals surface area contributed by atoms with Gasteiger partial charge in [0.25, 0.3) is 11.8 Å². The highest BCUT2D eigenvalue weighted by atomic mass is 19.1. The molecule has 1 aliphatic carbocycles. The SMILES string of the molecule is CCCCOc1c2n(cc(C(=O)NCc3ccc(F)cc3F)c1=O)CC13CC(CN1C2=O)C3. The number of rotatable bonds is 7. The molecule has 4 heterocycles. The molecule has 1 aromatic carbocycles. The molecule has 4 aliphatic rings. The molecule has 9 heteroatoms. The average molecular weight is 457 g/mol. The summed E-state index contributed by atoms with van der Waals surface area (Å²) in [5, 5.41) is 2.53. The fourth-order valence-corrected chi connectivity index (χ4v) is 5.31. The molecule has 2 saturated heterocycles. The van der Waals surface area contributed by atoms with E-state index in [9.17, 15) is 23.2 Å². The first-order valence-electron chi connectivity index (χ1n) is 11.3. The summed E-state index contributed by atoms with van der Waals surface area (Å²) in [6, 6.07) is 3.07. The van der Waals surface area contributed by atoms with Crippen LogP contribution < -0.4 is 15.5 Å². The zero-order valence-electron chi connectivity index (χ0n) is 18.3. The summed E-state index contributed by atoms with van der Waals surface area (Å²) < 4.78 is 34.5. The fraction of sp³-hybridized carbons (Fsp3) is 0.458. The zero-order chi connectivity index (χ0) is 23.3. The van der Waals surface area contributed by atoms with Crippen LogP contribution >= 0.6 is 0 Å². The quantitative estimate of drug-likeness (QED) is 0.649. The van der Waals surface area contributed by atoms with E-state index in [0.29, 0.717) is 25.4 Å². The molecule has 3 fully saturated rings. The zero-order valence-corrected chi connectivity index (χ0v) is 18.3. The normalized spacial score (nSPS) is 22.5. The lowest BCUT2D eigenvalue weighted by atomic mass is 9.72. The molecule has 2 amide bonds. The molecule has 174 valence electrons. The van der Waals surface area contributed by atoms with Crippen molar-refractivity contribution in [2.24, 2.45) is 5.92 Å². The monoisotopic (exact) mass is 457 g/mol. The topological polar surface area (TPSA) is 80.6 Å². The average Bonchev–Trinajstić information content (AvgIpc) is 3.31. The van der Waals surface area contributed by atoms with Crippen molar-refractivity contribution in [2.45, 2.75) is 51.2 Å². The molecule has 0 radical (unpaired) electrons. The van der Waals surface area contributed by atoms with E-state index >= 15 is 0 Å². The molecular formula is C24H25F2N3O4. The molecule has 1 aromatic heterocycles. The van der Waals surface area contributed by atoms with Gasteiger partial charge in [-0.25, -0.2) is 8.78 Å². The van der Waals surface area contributed by atoms with Crippen LogP contribution in [-0.2, 0) is 13.1 Å². The minimum absolute atomic E-state index is 0.0957. The van der Waals surface area contributed by atoms with Gasteiger partial charge in [0.2, 0.25) is 5.43 Å². The molecule has 6 rings (SSSR count). The van der Waals surface area contributed by atoms with Crippen LogP contribution in [0.4, 0.5) is 8.78 Å². The summed E-state index contributed by atoms with van der Waals surface area (Å²) in [6.07, 6.45) is 4.79. The van der Waals surface area contributed by atoms with E-state index in [4.69, 9.17) is 4.74 Å². The number of carbonyl (C=O) groups is 2. The third kappa shape index (κ3) is 3.50. The maximum atomic E-state index is 13.9. The molecule has 2 aromatic rings. The highest BCUT2D eigenvalue weighted by molar-refractivity contribution is 6.00. The van der Waals surface area contributed by atoms with Gasteiger partial charge in [-0.3, -0.25) is 14.4 Å². The van der Waals surface area contributed by atoms with Gasteiger partial charge in [0, 0.05) is 37.5 Å². The van der Waals surface area contributed by atoms with Crippen LogP contribution in [0, 0.1) is 17.6 Å². The lowest BCUT2D eigenvalue weighted by Gasteiger charge is -2.46. The van der Waals surface area contributed by atoms with Crippen LogP contribution in [0.25, 0.3) is 0 Å². The van der Waals surface area contributed by atoms with Crippen molar-refractivity contribution in [3.05, 3.63) is 63.1 Å². The Balaban J connectivity index is 1.48. The largest absolute Gasteiger partial charge is 0.487 e. The van der Waals surface area contributed by atoms with Crippen molar-refractivity contribution in [3.63, 3.8) is 0 Å². The van der Waals surface area contributed by atoms with Crippen LogP contribution in [0.1, 0.15) is 59.0 Å². The van der Waals surface area contributed by atoms with E-state index in [0.717, 1.165) is 31.4 Å². The lowest BCUT2D eigenvalue weighted by Crippen LogP contribution is -2.56. The summed E-state index contributed by atoms with van der Waals surface area (Å²) in [6.45, 7) is 3.22. The Morgan fingerprint density at radius 2 is 2.06 bits per heavy atom. The maximum absolute atomic E-state index is 13.9. The first-order valence-corrected chi connectivity index (χ1v) is 11.3. The van der Waals surface area contributed by atoms with Gasteiger partial charge in [0.15, 0.2) is 11.4 Å². The summed E-state index contributed by atoms with van der Waals surface area (Å²) in [5.74, 6) is -2.06. The third-order valence-electron chi connectivity index (χ3n) is 6.94. The van der Waals surface area contributed by atoms with Crippen LogP contribution in [0.2, 0.25) is 0 Å². The second-order valence-corrected chi connectivity index (χ2v) is 9.21. The first kappa shape index (κ1) is 21.6. The number of unbranched alkanes of at least 4 members (excludes halogenated alkanes) is 1. The van der Waals surface area contributed by atoms with Crippen molar-refractivity contribution < 1.29 is 23.1 Å². The number of halogens is 2. The van der Waals surface area contributed by atoms with Gasteiger partial charge < -0.3 is 19.5 Å². The number of aromatic nitrogens is 1. The Labute approximate surface area is 189 Å². The number of ether oxygens (including phenoxy) is 1. The number of benzene rings is 1. The van der Waals surface area contributed by atoms with Crippen LogP contribution in [0.5, 0.6) is 5.75 Å². The fourth-order valence-electron chi connectivity index (χ4n) is 5.31. The number of carbonyl (C=O) groups excluding carboxylic acids is 2. The Kier molecular flexibility index (Phi) is 5.22. The number of nitrogens with zero attached hydrogens (tertiary/aromatic N) is 2. The molecule has 1 N–H and O–H groups in total. The highest BCUT2D eigenvalue weighted by Crippen LogP contribution is 2.54. The summed E-state index contributed by atoms with van der Waals surface area (Å²) in [5.41, 5.74) is -0.798. The molecule has 1 saturated carbocycles. The second-order valence-electron chi connectivity index (χ2n) is 9.21. The van der Waals surface area contributed by atoms with Gasteiger partial charge in [-0.15, -0.1) is 0 Å². The van der Waals surface area contributed by atoms with E-state index in [2.05, 4.69) is 5.32 Å². The van der Waals surface area contributed by atoms with E-state index in [-0.39, 0.29) is 47.2 Å². The predicted molar refractivity (Wildman–Crippen MR) is 115 cm³/mol. The molecule has 0 unspecified atom stereocenters. The van der Waals surface area contributed by atoms with Crippen molar-refractivity contribution in [3.8, 4) is 5.75 Å². The van der Waals surface area contributed by atoms with Crippen LogP contribution in [0.15, 0.2) is 29.2 Å². The minimum Gasteiger partial charge on any atom is -0.487 e. The minimum atomic E-state index is -0.786. The molecule has 0 atom stereocenters. The third-order valence-corrected chi connectivity index (χ3v) is 6.94. The van der Waals surface area contributed by atoms with E-state index < -0.39 is 23.0 Å². The molecular weight excluding hydrogens is 432 g/mol. The Hall–Kier alpha value is -3.23. The van der Waals surface area contributed by atoms with Crippen molar-refractivity contribution in [1.29, 1.82) is 0 Å². The highest BCUT2D eigenvalue weighted by Gasteiger charge is 2.60. The molecule has 33 heavy (non-hydrogen) atoms. The summed E-state index contributed by atoms with van der Waals surface area (Å²) >= 11 is 0. The van der Waals surface area contributed by atoms with Crippen molar-refractivity contribution in [2.75, 3.05) is 13.2 Å². The van der Waals surface area contributed by atoms with E-state index in [1.807, 2.05) is 11.8 Å². The first-order chi connectivity index (χ1) is 15.8. The lowest BCUT2D eigenvalue weighted by molar-refractivity contribution is 0.0387. The van der Waals surface area contributed by atoms with Gasteiger partial charge in [-0.2, -0.15) is 0 Å². The van der Waals surface area contributed by atoms with Gasteiger partial charge in [0.05, 0.1) is 12.1 Å². The molecule has 1 spiro atoms. The van der Waals surface area contributed by atoms with Crippen molar-refractivity contribution in [1.82, 2.24) is 14.8 Å². The van der Waals surface area contributed by atoms with E-state index in [1.54, 1.807) is 4.57 Å². The van der Waals surface area contributed by atoms with E-state index in [1.165, 1.54) is 12.3 Å². The van der Waals surface area contributed by atoms with Gasteiger partial charge in [-0.05, 0) is 31.2 Å². The molecule has 2 bridgehead atoms. The smallest absolute Gasteiger partial charge is 0.275 e. The molecule has 7 nitrogen and oxygen atoms in total. The van der Waals surface area contributed by atoms with Crippen LogP contribution in [-0.4, -0.2) is 40.0 Å². The summed E-state index contributed by atoms with van der Waals surface area (Å²) in [7, 11) is 0. The van der Waals surface area contributed by atoms with Crippen LogP contribution in [0.3, 0.4) is 0 Å². The Morgan fingerprint density at radius 1 is 1.27 bits per heavy atom. The standard InChI is InChI=1S/C24H25F2N3O4/c1-2-3-6-33-21-19-23(32)29-11-14-8-24(29,9-14)13-28(19)12-17(20(21)30)22(31)27-10-15-4-5-16(25)7-18(15)26/h4-5,7,12,14H,2-3,6,8-11,13H2,1H3,(H,27,31). The predicted octanol–water partition coefficient (Wildman–Crippen LogP) is 2.85. The van der Waals surface area contributed by atoms with Crippen molar-refractivity contribution >= 4 is 11.8 Å². The Bertz CT molecular complexity index is 1200. The summed E-state index contributed by atoms with van der Waals surface area (Å²) in [4.78, 5) is 41.3.